The second-order valence-electron chi connectivity index (χ2n) is 4.30. The number of anilines is 1. The maximum Gasteiger partial charge on any atom is 0.330 e. The summed E-state index contributed by atoms with van der Waals surface area (Å²) in [7, 11) is 6.98. The molecule has 1 aromatic heterocycles. The van der Waals surface area contributed by atoms with Crippen molar-refractivity contribution < 1.29 is 0 Å². The Bertz CT molecular complexity index is 696. The van der Waals surface area contributed by atoms with E-state index in [1.54, 1.807) is 19.2 Å². The molecule has 0 amide bonds. The summed E-state index contributed by atoms with van der Waals surface area (Å²) < 4.78 is 2.61. The Labute approximate surface area is 112 Å². The van der Waals surface area contributed by atoms with Gasteiger partial charge in [0.05, 0.1) is 10.9 Å². The summed E-state index contributed by atoms with van der Waals surface area (Å²) in [6, 6.07) is 5.49. The number of aryl methyl sites for hydroxylation is 1. The average molecular weight is 263 g/mol. The van der Waals surface area contributed by atoms with E-state index in [0.29, 0.717) is 10.9 Å². The van der Waals surface area contributed by atoms with Crippen LogP contribution in [0.4, 0.5) is 5.69 Å². The van der Waals surface area contributed by atoms with Gasteiger partial charge in [-0.2, -0.15) is 0 Å². The Kier molecular flexibility index (Phi) is 4.53. The third-order valence-corrected chi connectivity index (χ3v) is 2.97. The fourth-order valence-electron chi connectivity index (χ4n) is 1.86. The van der Waals surface area contributed by atoms with Crippen LogP contribution in [-0.4, -0.2) is 23.2 Å². The van der Waals surface area contributed by atoms with Crippen molar-refractivity contribution in [2.75, 3.05) is 19.0 Å². The highest BCUT2D eigenvalue weighted by atomic mass is 16.2. The van der Waals surface area contributed by atoms with E-state index in [1.165, 1.54) is 11.6 Å². The predicted molar refractivity (Wildman–Crippen MR) is 80.1 cm³/mol. The van der Waals surface area contributed by atoms with Gasteiger partial charge in [0.15, 0.2) is 0 Å². The molecular formula is C14H21N3O2. The molecule has 1 heterocycles. The molecule has 0 aliphatic carbocycles. The Hall–Kier alpha value is -2.04. The highest BCUT2D eigenvalue weighted by molar-refractivity contribution is 5.82. The van der Waals surface area contributed by atoms with Gasteiger partial charge in [-0.25, -0.2) is 4.79 Å². The lowest BCUT2D eigenvalue weighted by Crippen LogP contribution is -2.37. The number of hydrogen-bond donors (Lipinski definition) is 0. The zero-order valence-corrected chi connectivity index (χ0v) is 12.4. The highest BCUT2D eigenvalue weighted by Crippen LogP contribution is 2.16. The second kappa shape index (κ2) is 5.73. The lowest BCUT2D eigenvalue weighted by molar-refractivity contribution is 0.713. The van der Waals surface area contributed by atoms with Crippen LogP contribution in [0, 0.1) is 0 Å². The summed E-state index contributed by atoms with van der Waals surface area (Å²) in [5.41, 5.74) is 1.03. The normalized spacial score (nSPS) is 10.0. The molecule has 0 saturated heterocycles. The first-order valence-corrected chi connectivity index (χ1v) is 6.30. The Morgan fingerprint density at radius 3 is 2.11 bits per heavy atom. The van der Waals surface area contributed by atoms with Crippen LogP contribution in [-0.2, 0) is 14.1 Å². The smallest absolute Gasteiger partial charge is 0.330 e. The van der Waals surface area contributed by atoms with Gasteiger partial charge >= 0.3 is 5.69 Å². The van der Waals surface area contributed by atoms with E-state index >= 15 is 0 Å². The fraction of sp³-hybridized carbons (Fsp3) is 0.429. The highest BCUT2D eigenvalue weighted by Gasteiger charge is 2.09. The van der Waals surface area contributed by atoms with Crippen LogP contribution in [0.1, 0.15) is 13.8 Å². The van der Waals surface area contributed by atoms with Crippen molar-refractivity contribution in [1.82, 2.24) is 9.13 Å². The summed E-state index contributed by atoms with van der Waals surface area (Å²) >= 11 is 0. The van der Waals surface area contributed by atoms with Crippen molar-refractivity contribution in [3.05, 3.63) is 39.0 Å². The Morgan fingerprint density at radius 1 is 1.00 bits per heavy atom. The molecule has 0 aliphatic heterocycles. The summed E-state index contributed by atoms with van der Waals surface area (Å²) in [6.45, 7) is 4.00. The van der Waals surface area contributed by atoms with Crippen molar-refractivity contribution in [1.29, 1.82) is 0 Å². The minimum Gasteiger partial charge on any atom is -0.378 e. The minimum absolute atomic E-state index is 0.258. The number of hydrogen-bond acceptors (Lipinski definition) is 3. The van der Waals surface area contributed by atoms with Gasteiger partial charge in [-0.15, -0.1) is 0 Å². The molecule has 0 N–H and O–H groups in total. The van der Waals surface area contributed by atoms with Crippen LogP contribution in [0.3, 0.4) is 0 Å². The van der Waals surface area contributed by atoms with Crippen LogP contribution in [0.2, 0.25) is 0 Å². The molecule has 5 heteroatoms. The Balaban J connectivity index is 0.000000861. The van der Waals surface area contributed by atoms with Gasteiger partial charge in [0.1, 0.15) is 0 Å². The minimum atomic E-state index is -0.305. The van der Waals surface area contributed by atoms with Crippen LogP contribution < -0.4 is 16.1 Å². The molecule has 0 fully saturated rings. The van der Waals surface area contributed by atoms with Gasteiger partial charge in [0.25, 0.3) is 5.56 Å². The fourth-order valence-corrected chi connectivity index (χ4v) is 1.86. The lowest BCUT2D eigenvalue weighted by atomic mass is 10.2. The molecule has 19 heavy (non-hydrogen) atoms. The summed E-state index contributed by atoms with van der Waals surface area (Å²) in [5, 5.41) is 0.556. The third-order valence-electron chi connectivity index (χ3n) is 2.97. The molecule has 0 bridgehead atoms. The van der Waals surface area contributed by atoms with Gasteiger partial charge < -0.3 is 4.90 Å². The second-order valence-corrected chi connectivity index (χ2v) is 4.30. The van der Waals surface area contributed by atoms with Gasteiger partial charge in [-0.1, -0.05) is 13.8 Å². The molecule has 0 unspecified atom stereocenters. The zero-order valence-electron chi connectivity index (χ0n) is 12.4. The van der Waals surface area contributed by atoms with E-state index in [1.807, 2.05) is 38.9 Å². The summed E-state index contributed by atoms with van der Waals surface area (Å²) in [4.78, 5) is 25.7. The monoisotopic (exact) mass is 263 g/mol. The first-order valence-electron chi connectivity index (χ1n) is 6.30. The van der Waals surface area contributed by atoms with E-state index in [2.05, 4.69) is 0 Å². The van der Waals surface area contributed by atoms with Gasteiger partial charge in [0.2, 0.25) is 0 Å². The molecule has 5 nitrogen and oxygen atoms in total. The Morgan fingerprint density at radius 2 is 1.58 bits per heavy atom. The van der Waals surface area contributed by atoms with Crippen molar-refractivity contribution in [3.8, 4) is 0 Å². The van der Waals surface area contributed by atoms with Crippen molar-refractivity contribution in [2.45, 2.75) is 13.8 Å². The summed E-state index contributed by atoms with van der Waals surface area (Å²) in [6.07, 6.45) is 0. The molecule has 2 rings (SSSR count). The van der Waals surface area contributed by atoms with Crippen LogP contribution in [0.15, 0.2) is 27.8 Å². The molecule has 0 aliphatic rings. The molecular weight excluding hydrogens is 242 g/mol. The van der Waals surface area contributed by atoms with Crippen molar-refractivity contribution >= 4 is 16.6 Å². The number of nitrogens with zero attached hydrogens (tertiary/aromatic N) is 3. The van der Waals surface area contributed by atoms with E-state index in [4.69, 9.17) is 0 Å². The maximum atomic E-state index is 12.0. The number of benzene rings is 1. The number of fused-ring (bicyclic) bond motifs is 1. The molecule has 0 atom stereocenters. The van der Waals surface area contributed by atoms with Gasteiger partial charge in [-0.05, 0) is 18.2 Å². The van der Waals surface area contributed by atoms with Crippen LogP contribution >= 0.6 is 0 Å². The van der Waals surface area contributed by atoms with Gasteiger partial charge in [-0.3, -0.25) is 13.9 Å². The van der Waals surface area contributed by atoms with Gasteiger partial charge in [0, 0.05) is 33.9 Å². The molecule has 104 valence electrons. The third kappa shape index (κ3) is 2.54. The van der Waals surface area contributed by atoms with Crippen molar-refractivity contribution in [3.63, 3.8) is 0 Å². The number of aromatic nitrogens is 2. The largest absolute Gasteiger partial charge is 0.378 e. The molecule has 2 aromatic rings. The quantitative estimate of drug-likeness (QED) is 0.780. The summed E-state index contributed by atoms with van der Waals surface area (Å²) in [5.74, 6) is 0. The molecule has 0 spiro atoms. The first-order chi connectivity index (χ1) is 8.93. The van der Waals surface area contributed by atoms with Crippen LogP contribution in [0.25, 0.3) is 10.9 Å². The lowest BCUT2D eigenvalue weighted by Gasteiger charge is -2.14. The maximum absolute atomic E-state index is 12.0. The zero-order chi connectivity index (χ0) is 14.7. The standard InChI is InChI=1S/C12H15N3O2.C2H6/c1-13(2)8-5-6-10-9(7-8)11(16)15(4)12(17)14(10)3;1-2/h5-7H,1-4H3;1-2H3. The molecule has 1 aromatic carbocycles. The molecule has 0 radical (unpaired) electrons. The molecule has 0 saturated carbocycles. The van der Waals surface area contributed by atoms with E-state index in [-0.39, 0.29) is 11.2 Å². The topological polar surface area (TPSA) is 47.2 Å². The number of rotatable bonds is 1. The first kappa shape index (κ1) is 15.0. The SMILES string of the molecule is CC.CN(C)c1ccc2c(c1)c(=O)n(C)c(=O)n2C. The van der Waals surface area contributed by atoms with Crippen LogP contribution in [0.5, 0.6) is 0 Å². The van der Waals surface area contributed by atoms with E-state index in [0.717, 1.165) is 10.3 Å². The predicted octanol–water partition coefficient (Wildman–Crippen LogP) is 1.33. The van der Waals surface area contributed by atoms with Crippen molar-refractivity contribution in [2.24, 2.45) is 14.1 Å². The van der Waals surface area contributed by atoms with E-state index < -0.39 is 0 Å². The van der Waals surface area contributed by atoms with E-state index in [9.17, 15) is 9.59 Å². The average Bonchev–Trinajstić information content (AvgIpc) is 2.44.